The molecule has 206 valence electrons. The van der Waals surface area contributed by atoms with Crippen molar-refractivity contribution in [2.24, 2.45) is 23.2 Å². The molecule has 0 aromatic heterocycles. The molecule has 3 fully saturated rings. The van der Waals surface area contributed by atoms with E-state index in [1.54, 1.807) is 5.57 Å². The van der Waals surface area contributed by atoms with Crippen LogP contribution in [0.15, 0.2) is 35.5 Å². The van der Waals surface area contributed by atoms with Gasteiger partial charge in [0.05, 0.1) is 5.60 Å². The standard InChI is InChI=1S/C33H58O2Si/c1-24-15-18-28(35-36(9,10)31(3,4)5)23-27(24)17-16-26-14-12-22-33(8)29(19-20-30(26)33)25(2)13-11-21-32(6,7)34/h16-17,25,28-30,34H,1,11-15,18-23H2,2-10H3. The minimum atomic E-state index is -1.75. The van der Waals surface area contributed by atoms with Crippen LogP contribution in [0, 0.1) is 23.2 Å². The van der Waals surface area contributed by atoms with Gasteiger partial charge in [0.15, 0.2) is 8.32 Å². The smallest absolute Gasteiger partial charge is 0.192 e. The predicted molar refractivity (Wildman–Crippen MR) is 159 cm³/mol. The first-order chi connectivity index (χ1) is 16.5. The third-order valence-corrected chi connectivity index (χ3v) is 15.1. The average molecular weight is 515 g/mol. The molecule has 0 spiro atoms. The molecule has 0 aliphatic heterocycles. The molecular formula is C33H58O2Si. The van der Waals surface area contributed by atoms with Crippen molar-refractivity contribution in [2.45, 2.75) is 149 Å². The molecule has 36 heavy (non-hydrogen) atoms. The number of hydrogen-bond acceptors (Lipinski definition) is 2. The molecule has 0 bridgehead atoms. The molecule has 0 heterocycles. The Labute approximate surface area is 225 Å². The summed E-state index contributed by atoms with van der Waals surface area (Å²) < 4.78 is 6.81. The summed E-state index contributed by atoms with van der Waals surface area (Å²) in [6.45, 7) is 25.2. The highest BCUT2D eigenvalue weighted by Crippen LogP contribution is 2.60. The van der Waals surface area contributed by atoms with Gasteiger partial charge in [-0.1, -0.05) is 77.3 Å². The number of aliphatic hydroxyl groups is 1. The van der Waals surface area contributed by atoms with Crippen molar-refractivity contribution in [3.8, 4) is 0 Å². The Bertz CT molecular complexity index is 837. The van der Waals surface area contributed by atoms with Crippen LogP contribution in [0.4, 0.5) is 0 Å². The van der Waals surface area contributed by atoms with Crippen LogP contribution >= 0.6 is 0 Å². The molecule has 0 radical (unpaired) electrons. The van der Waals surface area contributed by atoms with E-state index >= 15 is 0 Å². The van der Waals surface area contributed by atoms with Gasteiger partial charge in [-0.2, -0.15) is 0 Å². The molecule has 0 saturated heterocycles. The van der Waals surface area contributed by atoms with Crippen LogP contribution in [-0.4, -0.2) is 25.1 Å². The molecular weight excluding hydrogens is 456 g/mol. The van der Waals surface area contributed by atoms with Crippen molar-refractivity contribution in [1.82, 2.24) is 0 Å². The molecule has 0 aromatic rings. The third-order valence-electron chi connectivity index (χ3n) is 10.6. The van der Waals surface area contributed by atoms with Gasteiger partial charge in [-0.05, 0) is 119 Å². The van der Waals surface area contributed by atoms with Crippen LogP contribution in [0.25, 0.3) is 0 Å². The lowest BCUT2D eigenvalue weighted by Crippen LogP contribution is -2.44. The maximum Gasteiger partial charge on any atom is 0.192 e. The Morgan fingerprint density at radius 2 is 1.81 bits per heavy atom. The summed E-state index contributed by atoms with van der Waals surface area (Å²) >= 11 is 0. The van der Waals surface area contributed by atoms with Gasteiger partial charge < -0.3 is 9.53 Å². The number of rotatable bonds is 8. The second kappa shape index (κ2) is 11.2. The zero-order valence-corrected chi connectivity index (χ0v) is 26.3. The fraction of sp³-hybridized carbons (Fsp3) is 0.818. The van der Waals surface area contributed by atoms with Gasteiger partial charge in [-0.25, -0.2) is 0 Å². The first-order valence-electron chi connectivity index (χ1n) is 15.0. The van der Waals surface area contributed by atoms with E-state index in [1.807, 2.05) is 13.8 Å². The summed E-state index contributed by atoms with van der Waals surface area (Å²) in [4.78, 5) is 0. The Kier molecular flexibility index (Phi) is 9.33. The molecule has 0 amide bonds. The largest absolute Gasteiger partial charge is 0.414 e. The fourth-order valence-electron chi connectivity index (χ4n) is 7.35. The molecule has 3 aliphatic rings. The van der Waals surface area contributed by atoms with E-state index < -0.39 is 13.9 Å². The van der Waals surface area contributed by atoms with E-state index in [0.717, 1.165) is 49.9 Å². The van der Waals surface area contributed by atoms with Crippen molar-refractivity contribution in [2.75, 3.05) is 0 Å². The lowest BCUT2D eigenvalue weighted by atomic mass is 9.60. The maximum absolute atomic E-state index is 10.1. The van der Waals surface area contributed by atoms with E-state index in [9.17, 15) is 5.11 Å². The van der Waals surface area contributed by atoms with Crippen molar-refractivity contribution in [3.63, 3.8) is 0 Å². The van der Waals surface area contributed by atoms with E-state index in [1.165, 1.54) is 49.7 Å². The number of hydrogen-bond donors (Lipinski definition) is 1. The fourth-order valence-corrected chi connectivity index (χ4v) is 8.74. The Morgan fingerprint density at radius 1 is 1.11 bits per heavy atom. The molecule has 1 N–H and O–H groups in total. The number of fused-ring (bicyclic) bond motifs is 1. The highest BCUT2D eigenvalue weighted by atomic mass is 28.4. The minimum absolute atomic E-state index is 0.254. The molecule has 2 nitrogen and oxygen atoms in total. The van der Waals surface area contributed by atoms with E-state index in [-0.39, 0.29) is 5.04 Å². The monoisotopic (exact) mass is 514 g/mol. The van der Waals surface area contributed by atoms with Gasteiger partial charge in [0, 0.05) is 6.10 Å². The third kappa shape index (κ3) is 7.06. The topological polar surface area (TPSA) is 29.5 Å². The van der Waals surface area contributed by atoms with Gasteiger partial charge in [0.2, 0.25) is 0 Å². The van der Waals surface area contributed by atoms with Crippen molar-refractivity contribution >= 4 is 8.32 Å². The Morgan fingerprint density at radius 3 is 2.44 bits per heavy atom. The SMILES string of the molecule is C=C1CCC(O[Si](C)(C)C(C)(C)C)CC1=CC=C1CCCC2(C)C1CCC2C(C)CCCC(C)(C)O. The van der Waals surface area contributed by atoms with E-state index in [2.05, 4.69) is 66.4 Å². The maximum atomic E-state index is 10.1. The van der Waals surface area contributed by atoms with Gasteiger partial charge in [-0.3, -0.25) is 0 Å². The van der Waals surface area contributed by atoms with Gasteiger partial charge in [-0.15, -0.1) is 0 Å². The molecule has 3 rings (SSSR count). The highest BCUT2D eigenvalue weighted by Gasteiger charge is 2.50. The van der Waals surface area contributed by atoms with Gasteiger partial charge in [0.1, 0.15) is 0 Å². The summed E-state index contributed by atoms with van der Waals surface area (Å²) in [5, 5.41) is 10.4. The van der Waals surface area contributed by atoms with Crippen molar-refractivity contribution < 1.29 is 9.53 Å². The predicted octanol–water partition coefficient (Wildman–Crippen LogP) is 9.76. The quantitative estimate of drug-likeness (QED) is 0.327. The Balaban J connectivity index is 1.69. The lowest BCUT2D eigenvalue weighted by molar-refractivity contribution is 0.0596. The summed E-state index contributed by atoms with van der Waals surface area (Å²) in [5.74, 6) is 2.29. The van der Waals surface area contributed by atoms with E-state index in [0.29, 0.717) is 11.5 Å². The second-order valence-corrected chi connectivity index (χ2v) is 19.8. The van der Waals surface area contributed by atoms with Gasteiger partial charge in [0.25, 0.3) is 0 Å². The van der Waals surface area contributed by atoms with Crippen molar-refractivity contribution in [1.29, 1.82) is 0 Å². The molecule has 3 heteroatoms. The first-order valence-corrected chi connectivity index (χ1v) is 17.9. The zero-order chi connectivity index (χ0) is 26.9. The van der Waals surface area contributed by atoms with E-state index in [4.69, 9.17) is 4.43 Å². The molecule has 5 unspecified atom stereocenters. The normalized spacial score (nSPS) is 33.3. The van der Waals surface area contributed by atoms with Gasteiger partial charge >= 0.3 is 0 Å². The average Bonchev–Trinajstić information content (AvgIpc) is 3.09. The van der Waals surface area contributed by atoms with Crippen LogP contribution in [0.3, 0.4) is 0 Å². The molecule has 0 aromatic carbocycles. The Hall–Kier alpha value is -0.643. The highest BCUT2D eigenvalue weighted by molar-refractivity contribution is 6.74. The zero-order valence-electron chi connectivity index (χ0n) is 25.3. The summed E-state index contributed by atoms with van der Waals surface area (Å²) in [5.41, 5.74) is 4.36. The molecule has 3 saturated carbocycles. The van der Waals surface area contributed by atoms with Crippen LogP contribution in [-0.2, 0) is 4.43 Å². The molecule has 3 aliphatic carbocycles. The summed E-state index contributed by atoms with van der Waals surface area (Å²) in [7, 11) is -1.75. The lowest BCUT2D eigenvalue weighted by Gasteiger charge is -2.44. The summed E-state index contributed by atoms with van der Waals surface area (Å²) in [6, 6.07) is 0. The van der Waals surface area contributed by atoms with Crippen LogP contribution in [0.5, 0.6) is 0 Å². The first kappa shape index (κ1) is 29.9. The second-order valence-electron chi connectivity index (χ2n) is 15.1. The molecule has 5 atom stereocenters. The number of allylic oxidation sites excluding steroid dienone is 4. The van der Waals surface area contributed by atoms with Crippen LogP contribution in [0.1, 0.15) is 119 Å². The minimum Gasteiger partial charge on any atom is -0.414 e. The van der Waals surface area contributed by atoms with Crippen LogP contribution < -0.4 is 0 Å². The van der Waals surface area contributed by atoms with Crippen LogP contribution in [0.2, 0.25) is 18.1 Å². The van der Waals surface area contributed by atoms with Crippen molar-refractivity contribution in [3.05, 3.63) is 35.5 Å². The summed E-state index contributed by atoms with van der Waals surface area (Å²) in [6.07, 6.45) is 18.5.